The normalized spacial score (nSPS) is 10.6. The Morgan fingerprint density at radius 1 is 1.32 bits per heavy atom. The van der Waals surface area contributed by atoms with Crippen LogP contribution in [0.15, 0.2) is 30.9 Å². The second-order valence-electron chi connectivity index (χ2n) is 4.87. The molecule has 0 bridgehead atoms. The first kappa shape index (κ1) is 13.9. The number of aromatic nitrogens is 5. The van der Waals surface area contributed by atoms with Crippen LogP contribution in [0.2, 0.25) is 0 Å². The number of pyridine rings is 1. The maximum Gasteiger partial charge on any atom is 0.245 e. The van der Waals surface area contributed by atoms with Crippen molar-refractivity contribution in [2.24, 2.45) is 0 Å². The fraction of sp³-hybridized carbons (Fsp3) is 0.214. The minimum absolute atomic E-state index is 0.140. The van der Waals surface area contributed by atoms with Crippen LogP contribution < -0.4 is 10.2 Å². The highest BCUT2D eigenvalue weighted by Crippen LogP contribution is 2.17. The van der Waals surface area contributed by atoms with Crippen molar-refractivity contribution >= 4 is 28.7 Å². The third-order valence-electron chi connectivity index (χ3n) is 3.10. The molecule has 0 unspecified atom stereocenters. The van der Waals surface area contributed by atoms with E-state index < -0.39 is 0 Å². The first-order chi connectivity index (χ1) is 10.6. The predicted octanol–water partition coefficient (Wildman–Crippen LogP) is 1.13. The number of nitrogens with one attached hydrogen (secondary N) is 2. The number of anilines is 2. The number of H-pyrrole nitrogens is 1. The molecule has 0 aliphatic heterocycles. The van der Waals surface area contributed by atoms with E-state index in [9.17, 15) is 4.79 Å². The molecule has 112 valence electrons. The van der Waals surface area contributed by atoms with E-state index in [1.807, 2.05) is 19.1 Å². The fourth-order valence-corrected chi connectivity index (χ4v) is 2.13. The summed E-state index contributed by atoms with van der Waals surface area (Å²) in [6.45, 7) is 2.01. The van der Waals surface area contributed by atoms with Gasteiger partial charge >= 0.3 is 0 Å². The molecule has 8 heteroatoms. The second-order valence-corrected chi connectivity index (χ2v) is 4.87. The van der Waals surface area contributed by atoms with Gasteiger partial charge in [0.2, 0.25) is 5.91 Å². The lowest BCUT2D eigenvalue weighted by Crippen LogP contribution is -2.31. The first-order valence-electron chi connectivity index (χ1n) is 6.72. The summed E-state index contributed by atoms with van der Waals surface area (Å²) in [7, 11) is 1.78. The molecule has 0 aliphatic carbocycles. The summed E-state index contributed by atoms with van der Waals surface area (Å²) in [5.74, 6) is 0.981. The van der Waals surface area contributed by atoms with E-state index in [0.29, 0.717) is 22.8 Å². The van der Waals surface area contributed by atoms with Gasteiger partial charge in [-0.05, 0) is 19.1 Å². The van der Waals surface area contributed by atoms with Gasteiger partial charge in [-0.25, -0.2) is 19.9 Å². The molecule has 3 heterocycles. The van der Waals surface area contributed by atoms with Crippen LogP contribution >= 0.6 is 0 Å². The summed E-state index contributed by atoms with van der Waals surface area (Å²) < 4.78 is 0. The van der Waals surface area contributed by atoms with Gasteiger partial charge in [-0.2, -0.15) is 0 Å². The maximum absolute atomic E-state index is 12.1. The largest absolute Gasteiger partial charge is 0.348 e. The SMILES string of the molecule is Cc1cccc(NC(=O)CN(C)c2ncnc3nc[nH]c23)n1. The van der Waals surface area contributed by atoms with Crippen molar-refractivity contribution in [3.63, 3.8) is 0 Å². The van der Waals surface area contributed by atoms with Crippen molar-refractivity contribution in [2.45, 2.75) is 6.92 Å². The number of rotatable bonds is 4. The molecule has 1 amide bonds. The average molecular weight is 297 g/mol. The van der Waals surface area contributed by atoms with Crippen LogP contribution in [0.5, 0.6) is 0 Å². The van der Waals surface area contributed by atoms with Crippen LogP contribution in [0.25, 0.3) is 11.2 Å². The Balaban J connectivity index is 1.72. The Kier molecular flexibility index (Phi) is 3.65. The van der Waals surface area contributed by atoms with E-state index >= 15 is 0 Å². The monoisotopic (exact) mass is 297 g/mol. The number of nitrogens with zero attached hydrogens (tertiary/aromatic N) is 5. The van der Waals surface area contributed by atoms with Gasteiger partial charge in [0.25, 0.3) is 0 Å². The summed E-state index contributed by atoms with van der Waals surface area (Å²) >= 11 is 0. The standard InChI is InChI=1S/C14H15N7O/c1-9-4-3-5-10(19-9)20-11(22)6-21(2)14-12-13(16-7-15-12)17-8-18-14/h3-5,7-8H,6H2,1-2H3,(H,19,20,22)(H,15,16,17,18). The second kappa shape index (κ2) is 5.76. The molecule has 8 nitrogen and oxygen atoms in total. The molecular formula is C14H15N7O. The average Bonchev–Trinajstić information content (AvgIpc) is 2.95. The number of carbonyl (C=O) groups excluding carboxylic acids is 1. The highest BCUT2D eigenvalue weighted by Gasteiger charge is 2.14. The van der Waals surface area contributed by atoms with E-state index in [2.05, 4.69) is 30.2 Å². The van der Waals surface area contributed by atoms with Crippen LogP contribution in [0.1, 0.15) is 5.69 Å². The molecule has 0 saturated carbocycles. The lowest BCUT2D eigenvalue weighted by molar-refractivity contribution is -0.114. The number of aryl methyl sites for hydroxylation is 1. The van der Waals surface area contributed by atoms with E-state index in [1.54, 1.807) is 24.3 Å². The van der Waals surface area contributed by atoms with Gasteiger partial charge in [-0.1, -0.05) is 6.07 Å². The number of hydrogen-bond donors (Lipinski definition) is 2. The summed E-state index contributed by atoms with van der Waals surface area (Å²) in [5.41, 5.74) is 2.12. The highest BCUT2D eigenvalue weighted by molar-refractivity contribution is 5.94. The summed E-state index contributed by atoms with van der Waals surface area (Å²) in [5, 5.41) is 2.76. The van der Waals surface area contributed by atoms with E-state index in [-0.39, 0.29) is 12.5 Å². The molecule has 0 fully saturated rings. The van der Waals surface area contributed by atoms with Gasteiger partial charge in [-0.3, -0.25) is 4.79 Å². The molecule has 0 aromatic carbocycles. The van der Waals surface area contributed by atoms with Gasteiger partial charge < -0.3 is 15.2 Å². The molecular weight excluding hydrogens is 282 g/mol. The van der Waals surface area contributed by atoms with Crippen LogP contribution in [0.3, 0.4) is 0 Å². The van der Waals surface area contributed by atoms with Crippen LogP contribution in [0.4, 0.5) is 11.6 Å². The first-order valence-corrected chi connectivity index (χ1v) is 6.72. The van der Waals surface area contributed by atoms with Gasteiger partial charge in [-0.15, -0.1) is 0 Å². The van der Waals surface area contributed by atoms with Crippen molar-refractivity contribution in [3.8, 4) is 0 Å². The Labute approximate surface area is 126 Å². The Morgan fingerprint density at radius 3 is 3.00 bits per heavy atom. The fourth-order valence-electron chi connectivity index (χ4n) is 2.13. The molecule has 3 rings (SSSR count). The Morgan fingerprint density at radius 2 is 2.18 bits per heavy atom. The number of imidazole rings is 1. The van der Waals surface area contributed by atoms with E-state index in [4.69, 9.17) is 0 Å². The van der Waals surface area contributed by atoms with Crippen molar-refractivity contribution in [2.75, 3.05) is 23.8 Å². The summed E-state index contributed by atoms with van der Waals surface area (Å²) in [6, 6.07) is 5.47. The Bertz CT molecular complexity index is 814. The van der Waals surface area contributed by atoms with Gasteiger partial charge in [0.1, 0.15) is 17.7 Å². The summed E-state index contributed by atoms with van der Waals surface area (Å²) in [4.78, 5) is 33.4. The van der Waals surface area contributed by atoms with Crippen LogP contribution in [-0.4, -0.2) is 44.4 Å². The van der Waals surface area contributed by atoms with Gasteiger partial charge in [0.15, 0.2) is 11.5 Å². The molecule has 0 saturated heterocycles. The zero-order valence-electron chi connectivity index (χ0n) is 12.2. The van der Waals surface area contributed by atoms with Crippen LogP contribution in [0, 0.1) is 6.92 Å². The minimum atomic E-state index is -0.174. The van der Waals surface area contributed by atoms with Gasteiger partial charge in [0, 0.05) is 12.7 Å². The predicted molar refractivity (Wildman–Crippen MR) is 82.6 cm³/mol. The third kappa shape index (κ3) is 2.85. The minimum Gasteiger partial charge on any atom is -0.348 e. The summed E-state index contributed by atoms with van der Waals surface area (Å²) in [6.07, 6.45) is 2.97. The molecule has 0 radical (unpaired) electrons. The quantitative estimate of drug-likeness (QED) is 0.749. The van der Waals surface area contributed by atoms with Crippen molar-refractivity contribution in [1.82, 2.24) is 24.9 Å². The van der Waals surface area contributed by atoms with Crippen molar-refractivity contribution in [1.29, 1.82) is 0 Å². The smallest absolute Gasteiger partial charge is 0.245 e. The topological polar surface area (TPSA) is 99.7 Å². The maximum atomic E-state index is 12.1. The number of amides is 1. The number of aromatic amines is 1. The lowest BCUT2D eigenvalue weighted by atomic mass is 10.3. The molecule has 3 aromatic heterocycles. The lowest BCUT2D eigenvalue weighted by Gasteiger charge is -2.17. The third-order valence-corrected chi connectivity index (χ3v) is 3.10. The molecule has 2 N–H and O–H groups in total. The molecule has 0 spiro atoms. The molecule has 22 heavy (non-hydrogen) atoms. The number of carbonyl (C=O) groups is 1. The number of fused-ring (bicyclic) bond motifs is 1. The molecule has 3 aromatic rings. The molecule has 0 atom stereocenters. The van der Waals surface area contributed by atoms with E-state index in [1.165, 1.54) is 6.33 Å². The van der Waals surface area contributed by atoms with Gasteiger partial charge in [0.05, 0.1) is 12.9 Å². The molecule has 0 aliphatic rings. The zero-order valence-corrected chi connectivity index (χ0v) is 12.2. The zero-order chi connectivity index (χ0) is 15.5. The van der Waals surface area contributed by atoms with Crippen molar-refractivity contribution < 1.29 is 4.79 Å². The number of hydrogen-bond acceptors (Lipinski definition) is 6. The Hall–Kier alpha value is -3.03. The van der Waals surface area contributed by atoms with Crippen molar-refractivity contribution in [3.05, 3.63) is 36.5 Å². The van der Waals surface area contributed by atoms with Crippen LogP contribution in [-0.2, 0) is 4.79 Å². The number of likely N-dealkylation sites (N-methyl/N-ethyl adjacent to an activating group) is 1. The van der Waals surface area contributed by atoms with E-state index in [0.717, 1.165) is 5.69 Å². The highest BCUT2D eigenvalue weighted by atomic mass is 16.2.